The number of rotatable bonds is 6. The van der Waals surface area contributed by atoms with Crippen LogP contribution in [0.5, 0.6) is 5.75 Å². The van der Waals surface area contributed by atoms with E-state index in [4.69, 9.17) is 14.2 Å². The Hall–Kier alpha value is -1.79. The van der Waals surface area contributed by atoms with Crippen LogP contribution in [-0.4, -0.2) is 51.1 Å². The standard InChI is InChI=1S/C24H35N3O3/c1-16-6-7-17(20(13-16)30-15-18-5-3-11-28-18)14-26-23(25-2)27-21-19-8-12-29-22(19)24(21)9-4-10-24/h6-7,13,18-19,21-22H,3-5,8-12,14-15H2,1-2H3,(H2,25,26,27). The smallest absolute Gasteiger partial charge is 0.191 e. The zero-order valence-electron chi connectivity index (χ0n) is 18.3. The Bertz CT molecular complexity index is 786. The van der Waals surface area contributed by atoms with Crippen molar-refractivity contribution in [1.29, 1.82) is 0 Å². The molecule has 4 unspecified atom stereocenters. The number of nitrogens with zero attached hydrogens (tertiary/aromatic N) is 1. The van der Waals surface area contributed by atoms with Gasteiger partial charge < -0.3 is 24.8 Å². The molecule has 164 valence electrons. The van der Waals surface area contributed by atoms with Crippen LogP contribution in [-0.2, 0) is 16.0 Å². The Labute approximate surface area is 179 Å². The third kappa shape index (κ3) is 3.58. The molecule has 6 nitrogen and oxygen atoms in total. The van der Waals surface area contributed by atoms with E-state index in [9.17, 15) is 0 Å². The molecular formula is C24H35N3O3. The van der Waals surface area contributed by atoms with Crippen molar-refractivity contribution in [2.24, 2.45) is 16.3 Å². The summed E-state index contributed by atoms with van der Waals surface area (Å²) in [5, 5.41) is 7.27. The normalized spacial score (nSPS) is 31.7. The van der Waals surface area contributed by atoms with Crippen LogP contribution in [0.25, 0.3) is 0 Å². The van der Waals surface area contributed by atoms with Gasteiger partial charge in [-0.1, -0.05) is 18.6 Å². The van der Waals surface area contributed by atoms with E-state index in [2.05, 4.69) is 40.7 Å². The number of ether oxygens (including phenoxy) is 3. The molecular weight excluding hydrogens is 378 g/mol. The lowest BCUT2D eigenvalue weighted by atomic mass is 9.46. The average molecular weight is 414 g/mol. The quantitative estimate of drug-likeness (QED) is 0.554. The van der Waals surface area contributed by atoms with Crippen molar-refractivity contribution in [3.05, 3.63) is 29.3 Å². The van der Waals surface area contributed by atoms with Crippen molar-refractivity contribution in [3.8, 4) is 5.75 Å². The van der Waals surface area contributed by atoms with Crippen molar-refractivity contribution in [2.45, 2.75) is 70.2 Å². The summed E-state index contributed by atoms with van der Waals surface area (Å²) in [5.74, 6) is 2.45. The highest BCUT2D eigenvalue weighted by atomic mass is 16.5. The molecule has 2 N–H and O–H groups in total. The molecule has 2 saturated carbocycles. The summed E-state index contributed by atoms with van der Waals surface area (Å²) in [4.78, 5) is 4.51. The molecule has 0 bridgehead atoms. The van der Waals surface area contributed by atoms with E-state index in [1.807, 2.05) is 7.05 Å². The SMILES string of the molecule is CN=C(NCc1ccc(C)cc1OCC1CCCO1)NC1C2CCOC2C12CCC2. The minimum Gasteiger partial charge on any atom is -0.491 e. The molecule has 0 radical (unpaired) electrons. The lowest BCUT2D eigenvalue weighted by molar-refractivity contribution is -0.171. The van der Waals surface area contributed by atoms with Crippen molar-refractivity contribution in [2.75, 3.05) is 26.9 Å². The van der Waals surface area contributed by atoms with Gasteiger partial charge in [0.2, 0.25) is 0 Å². The summed E-state index contributed by atoms with van der Waals surface area (Å²) in [5.41, 5.74) is 2.70. The first kappa shape index (κ1) is 20.1. The second kappa shape index (κ2) is 8.39. The van der Waals surface area contributed by atoms with Gasteiger partial charge in [-0.25, -0.2) is 0 Å². The maximum absolute atomic E-state index is 6.16. The highest BCUT2D eigenvalue weighted by Crippen LogP contribution is 2.62. The predicted octanol–water partition coefficient (Wildman–Crippen LogP) is 3.18. The van der Waals surface area contributed by atoms with Crippen LogP contribution in [0, 0.1) is 18.3 Å². The number of guanidine groups is 1. The molecule has 4 atom stereocenters. The molecule has 2 heterocycles. The number of benzene rings is 1. The van der Waals surface area contributed by atoms with E-state index in [0.29, 0.717) is 36.6 Å². The van der Waals surface area contributed by atoms with Crippen LogP contribution in [0.4, 0.5) is 0 Å². The molecule has 6 heteroatoms. The molecule has 4 fully saturated rings. The molecule has 30 heavy (non-hydrogen) atoms. The van der Waals surface area contributed by atoms with Crippen LogP contribution < -0.4 is 15.4 Å². The number of aryl methyl sites for hydroxylation is 1. The van der Waals surface area contributed by atoms with Gasteiger partial charge in [-0.15, -0.1) is 0 Å². The molecule has 2 saturated heterocycles. The van der Waals surface area contributed by atoms with Crippen molar-refractivity contribution < 1.29 is 14.2 Å². The van der Waals surface area contributed by atoms with Crippen LogP contribution in [0.2, 0.25) is 0 Å². The maximum atomic E-state index is 6.16. The number of aliphatic imine (C=N–C) groups is 1. The van der Waals surface area contributed by atoms with Crippen molar-refractivity contribution >= 4 is 5.96 Å². The molecule has 5 rings (SSSR count). The number of hydrogen-bond acceptors (Lipinski definition) is 4. The lowest BCUT2D eigenvalue weighted by Crippen LogP contribution is -2.72. The molecule has 2 aliphatic carbocycles. The van der Waals surface area contributed by atoms with E-state index in [1.54, 1.807) is 0 Å². The Morgan fingerprint density at radius 1 is 1.20 bits per heavy atom. The van der Waals surface area contributed by atoms with Gasteiger partial charge in [0.25, 0.3) is 0 Å². The average Bonchev–Trinajstić information content (AvgIpc) is 3.37. The van der Waals surface area contributed by atoms with Crippen LogP contribution in [0.3, 0.4) is 0 Å². The highest BCUT2D eigenvalue weighted by molar-refractivity contribution is 5.80. The maximum Gasteiger partial charge on any atom is 0.191 e. The molecule has 1 aromatic rings. The zero-order chi connectivity index (χ0) is 20.6. The lowest BCUT2D eigenvalue weighted by Gasteiger charge is -2.63. The first-order valence-corrected chi connectivity index (χ1v) is 11.6. The van der Waals surface area contributed by atoms with Gasteiger partial charge in [-0.3, -0.25) is 4.99 Å². The predicted molar refractivity (Wildman–Crippen MR) is 117 cm³/mol. The minimum atomic E-state index is 0.222. The fourth-order valence-corrected chi connectivity index (χ4v) is 5.88. The number of hydrogen-bond donors (Lipinski definition) is 2. The summed E-state index contributed by atoms with van der Waals surface area (Å²) in [6.45, 7) is 5.18. The summed E-state index contributed by atoms with van der Waals surface area (Å²) >= 11 is 0. The summed E-state index contributed by atoms with van der Waals surface area (Å²) in [6, 6.07) is 6.90. The summed E-state index contributed by atoms with van der Waals surface area (Å²) in [6.07, 6.45) is 7.96. The van der Waals surface area contributed by atoms with Crippen molar-refractivity contribution in [3.63, 3.8) is 0 Å². The Morgan fingerprint density at radius 2 is 2.10 bits per heavy atom. The van der Waals surface area contributed by atoms with Gasteiger partial charge in [0, 0.05) is 49.7 Å². The fourth-order valence-electron chi connectivity index (χ4n) is 5.88. The molecule has 0 aromatic heterocycles. The molecule has 2 aliphatic heterocycles. The van der Waals surface area contributed by atoms with Crippen LogP contribution >= 0.6 is 0 Å². The second-order valence-electron chi connectivity index (χ2n) is 9.44. The second-order valence-corrected chi connectivity index (χ2v) is 9.44. The number of fused-ring (bicyclic) bond motifs is 2. The molecule has 1 spiro atoms. The largest absolute Gasteiger partial charge is 0.491 e. The van der Waals surface area contributed by atoms with Crippen molar-refractivity contribution in [1.82, 2.24) is 10.6 Å². The molecule has 0 amide bonds. The van der Waals surface area contributed by atoms with Crippen LogP contribution in [0.15, 0.2) is 23.2 Å². The van der Waals surface area contributed by atoms with Gasteiger partial charge in [0.15, 0.2) is 5.96 Å². The van der Waals surface area contributed by atoms with E-state index < -0.39 is 0 Å². The van der Waals surface area contributed by atoms with Gasteiger partial charge in [-0.05, 0) is 50.7 Å². The van der Waals surface area contributed by atoms with Gasteiger partial charge in [0.1, 0.15) is 12.4 Å². The molecule has 1 aromatic carbocycles. The summed E-state index contributed by atoms with van der Waals surface area (Å²) in [7, 11) is 1.86. The highest BCUT2D eigenvalue weighted by Gasteiger charge is 2.66. The first-order chi connectivity index (χ1) is 14.7. The fraction of sp³-hybridized carbons (Fsp3) is 0.708. The minimum absolute atomic E-state index is 0.222. The Balaban J connectivity index is 1.20. The third-order valence-corrected chi connectivity index (χ3v) is 7.67. The van der Waals surface area contributed by atoms with E-state index >= 15 is 0 Å². The van der Waals surface area contributed by atoms with Crippen LogP contribution in [0.1, 0.15) is 49.7 Å². The first-order valence-electron chi connectivity index (χ1n) is 11.6. The van der Waals surface area contributed by atoms with E-state index in [-0.39, 0.29) is 6.10 Å². The van der Waals surface area contributed by atoms with Gasteiger partial charge in [0.05, 0.1) is 12.2 Å². The number of nitrogens with one attached hydrogen (secondary N) is 2. The Kier molecular flexibility index (Phi) is 5.63. The summed E-state index contributed by atoms with van der Waals surface area (Å²) < 4.78 is 17.9. The third-order valence-electron chi connectivity index (χ3n) is 7.67. The van der Waals surface area contributed by atoms with Gasteiger partial charge in [-0.2, -0.15) is 0 Å². The topological polar surface area (TPSA) is 64.1 Å². The monoisotopic (exact) mass is 413 g/mol. The molecule has 4 aliphatic rings. The van der Waals surface area contributed by atoms with E-state index in [0.717, 1.165) is 43.3 Å². The van der Waals surface area contributed by atoms with Gasteiger partial charge >= 0.3 is 0 Å². The van der Waals surface area contributed by atoms with E-state index in [1.165, 1.54) is 31.2 Å². The Morgan fingerprint density at radius 3 is 2.83 bits per heavy atom. The zero-order valence-corrected chi connectivity index (χ0v) is 18.3.